The maximum atomic E-state index is 13.2. The molecule has 1 aromatic heterocycles. The number of rotatable bonds is 5. The van der Waals surface area contributed by atoms with Crippen LogP contribution in [0.25, 0.3) is 0 Å². The molecular formula is C23H18ClN5O3. The van der Waals surface area contributed by atoms with Crippen molar-refractivity contribution in [2.24, 2.45) is 5.10 Å². The van der Waals surface area contributed by atoms with Crippen LogP contribution in [0.5, 0.6) is 0 Å². The van der Waals surface area contributed by atoms with Crippen LogP contribution in [0.1, 0.15) is 36.8 Å². The van der Waals surface area contributed by atoms with Crippen molar-refractivity contribution >= 4 is 46.9 Å². The number of hydrazone groups is 1. The Labute approximate surface area is 189 Å². The lowest BCUT2D eigenvalue weighted by atomic mass is 10.0. The molecule has 0 aliphatic carbocycles. The zero-order chi connectivity index (χ0) is 22.8. The number of hydrogen-bond acceptors (Lipinski definition) is 6. The molecule has 0 bridgehead atoms. The number of hydrogen-bond donors (Lipinski definition) is 1. The molecule has 3 amide bonds. The number of pyridine rings is 1. The summed E-state index contributed by atoms with van der Waals surface area (Å²) < 4.78 is 0. The first-order chi connectivity index (χ1) is 15.4. The van der Waals surface area contributed by atoms with Crippen molar-refractivity contribution in [3.05, 3.63) is 88.2 Å². The smallest absolute Gasteiger partial charge is 0.274 e. The summed E-state index contributed by atoms with van der Waals surface area (Å²) in [5, 5.41) is 8.59. The van der Waals surface area contributed by atoms with Gasteiger partial charge in [0, 0.05) is 31.5 Å². The van der Waals surface area contributed by atoms with Crippen LogP contribution in [-0.2, 0) is 0 Å². The standard InChI is InChI=1S/C23H18ClN5O3/c1-28(2)26-13-14-6-5-7-16-20(14)23(32)29(22(16)31)19-10-9-15(12-17(19)24)27-21(30)18-8-3-4-11-25-18/h3-13H,1-2H3,(H,27,30). The van der Waals surface area contributed by atoms with Gasteiger partial charge >= 0.3 is 0 Å². The van der Waals surface area contributed by atoms with Crippen molar-refractivity contribution in [3.8, 4) is 0 Å². The predicted molar refractivity (Wildman–Crippen MR) is 123 cm³/mol. The third-order valence-corrected chi connectivity index (χ3v) is 5.02. The van der Waals surface area contributed by atoms with Gasteiger partial charge < -0.3 is 10.3 Å². The minimum absolute atomic E-state index is 0.141. The number of nitrogens with one attached hydrogen (secondary N) is 1. The van der Waals surface area contributed by atoms with Crippen LogP contribution in [-0.4, -0.2) is 48.0 Å². The third-order valence-electron chi connectivity index (χ3n) is 4.72. The molecule has 8 nitrogen and oxygen atoms in total. The van der Waals surface area contributed by atoms with Gasteiger partial charge in [-0.25, -0.2) is 4.90 Å². The van der Waals surface area contributed by atoms with E-state index in [0.717, 1.165) is 4.90 Å². The number of carbonyl (C=O) groups is 3. The first-order valence-electron chi connectivity index (χ1n) is 9.62. The van der Waals surface area contributed by atoms with Gasteiger partial charge in [-0.3, -0.25) is 19.4 Å². The quantitative estimate of drug-likeness (QED) is 0.365. The van der Waals surface area contributed by atoms with Crippen LogP contribution < -0.4 is 10.2 Å². The second kappa shape index (κ2) is 8.60. The van der Waals surface area contributed by atoms with Gasteiger partial charge in [0.15, 0.2) is 0 Å². The highest BCUT2D eigenvalue weighted by molar-refractivity contribution is 6.40. The zero-order valence-corrected chi connectivity index (χ0v) is 18.0. The van der Waals surface area contributed by atoms with Gasteiger partial charge in [-0.1, -0.05) is 29.8 Å². The molecule has 32 heavy (non-hydrogen) atoms. The largest absolute Gasteiger partial charge is 0.321 e. The minimum atomic E-state index is -0.488. The van der Waals surface area contributed by atoms with Crippen molar-refractivity contribution in [2.75, 3.05) is 24.3 Å². The molecule has 1 N–H and O–H groups in total. The summed E-state index contributed by atoms with van der Waals surface area (Å²) >= 11 is 6.41. The van der Waals surface area contributed by atoms with E-state index in [0.29, 0.717) is 11.3 Å². The fourth-order valence-corrected chi connectivity index (χ4v) is 3.54. The molecule has 0 saturated heterocycles. The second-order valence-corrected chi connectivity index (χ2v) is 7.55. The van der Waals surface area contributed by atoms with Crippen molar-refractivity contribution in [1.29, 1.82) is 0 Å². The molecular weight excluding hydrogens is 430 g/mol. The fraction of sp³-hybridized carbons (Fsp3) is 0.0870. The molecule has 3 aromatic rings. The Kier molecular flexibility index (Phi) is 5.70. The van der Waals surface area contributed by atoms with Crippen molar-refractivity contribution in [2.45, 2.75) is 0 Å². The molecule has 1 aliphatic rings. The Morgan fingerprint density at radius 3 is 2.59 bits per heavy atom. The van der Waals surface area contributed by atoms with E-state index in [9.17, 15) is 14.4 Å². The summed E-state index contributed by atoms with van der Waals surface area (Å²) in [5.41, 5.74) is 1.97. The van der Waals surface area contributed by atoms with Gasteiger partial charge in [-0.15, -0.1) is 0 Å². The Bertz CT molecular complexity index is 1260. The number of nitrogens with zero attached hydrogens (tertiary/aromatic N) is 4. The van der Waals surface area contributed by atoms with Crippen LogP contribution in [0.15, 0.2) is 65.9 Å². The van der Waals surface area contributed by atoms with Crippen LogP contribution in [0, 0.1) is 0 Å². The lowest BCUT2D eigenvalue weighted by Gasteiger charge is -2.16. The summed E-state index contributed by atoms with van der Waals surface area (Å²) in [4.78, 5) is 43.5. The molecule has 9 heteroatoms. The lowest BCUT2D eigenvalue weighted by molar-refractivity contribution is 0.0924. The maximum Gasteiger partial charge on any atom is 0.274 e. The van der Waals surface area contributed by atoms with Crippen molar-refractivity contribution in [3.63, 3.8) is 0 Å². The van der Waals surface area contributed by atoms with Gasteiger partial charge in [-0.2, -0.15) is 5.10 Å². The highest BCUT2D eigenvalue weighted by Crippen LogP contribution is 2.35. The molecule has 0 atom stereocenters. The number of amides is 3. The van der Waals surface area contributed by atoms with E-state index in [2.05, 4.69) is 15.4 Å². The second-order valence-electron chi connectivity index (χ2n) is 7.14. The molecule has 0 saturated carbocycles. The summed E-state index contributed by atoms with van der Waals surface area (Å²) in [5.74, 6) is -1.37. The van der Waals surface area contributed by atoms with Crippen LogP contribution >= 0.6 is 11.6 Å². The Morgan fingerprint density at radius 1 is 1.09 bits per heavy atom. The van der Waals surface area contributed by atoms with E-state index in [4.69, 9.17) is 11.6 Å². The molecule has 0 fully saturated rings. The number of anilines is 2. The van der Waals surface area contributed by atoms with Crippen molar-refractivity contribution < 1.29 is 14.4 Å². The summed E-state index contributed by atoms with van der Waals surface area (Å²) in [7, 11) is 3.51. The fourth-order valence-electron chi connectivity index (χ4n) is 3.27. The minimum Gasteiger partial charge on any atom is -0.321 e. The SMILES string of the molecule is CN(C)N=Cc1cccc2c1C(=O)N(c1ccc(NC(=O)c3ccccn3)cc1Cl)C2=O. The average molecular weight is 448 g/mol. The number of aromatic nitrogens is 1. The van der Waals surface area contributed by atoms with Gasteiger partial charge in [0.05, 0.1) is 28.1 Å². The summed E-state index contributed by atoms with van der Waals surface area (Å²) in [6, 6.07) is 14.6. The number of halogens is 1. The van der Waals surface area contributed by atoms with Crippen LogP contribution in [0.2, 0.25) is 5.02 Å². The zero-order valence-electron chi connectivity index (χ0n) is 17.2. The number of imide groups is 1. The van der Waals surface area contributed by atoms with Gasteiger partial charge in [-0.05, 0) is 36.4 Å². The topological polar surface area (TPSA) is 95.0 Å². The Morgan fingerprint density at radius 2 is 1.91 bits per heavy atom. The number of carbonyl (C=O) groups excluding carboxylic acids is 3. The van der Waals surface area contributed by atoms with E-state index < -0.39 is 17.7 Å². The van der Waals surface area contributed by atoms with E-state index in [-0.39, 0.29) is 27.5 Å². The molecule has 0 unspecified atom stereocenters. The predicted octanol–water partition coefficient (Wildman–Crippen LogP) is 3.68. The Hall–Kier alpha value is -4.04. The first-order valence-corrected chi connectivity index (χ1v) is 9.99. The maximum absolute atomic E-state index is 13.2. The van der Waals surface area contributed by atoms with E-state index in [1.807, 2.05) is 0 Å². The molecule has 0 spiro atoms. The molecule has 2 heterocycles. The van der Waals surface area contributed by atoms with E-state index in [1.165, 1.54) is 24.5 Å². The molecule has 2 aromatic carbocycles. The average Bonchev–Trinajstić information content (AvgIpc) is 3.04. The number of fused-ring (bicyclic) bond motifs is 1. The molecule has 160 valence electrons. The summed E-state index contributed by atoms with van der Waals surface area (Å²) in [6.07, 6.45) is 3.05. The highest BCUT2D eigenvalue weighted by Gasteiger charge is 2.39. The summed E-state index contributed by atoms with van der Waals surface area (Å²) in [6.45, 7) is 0. The molecule has 4 rings (SSSR count). The monoisotopic (exact) mass is 447 g/mol. The van der Waals surface area contributed by atoms with Gasteiger partial charge in [0.2, 0.25) is 0 Å². The number of benzene rings is 2. The van der Waals surface area contributed by atoms with Gasteiger partial charge in [0.1, 0.15) is 5.69 Å². The van der Waals surface area contributed by atoms with E-state index in [1.54, 1.807) is 61.6 Å². The van der Waals surface area contributed by atoms with Gasteiger partial charge in [0.25, 0.3) is 17.7 Å². The van der Waals surface area contributed by atoms with Crippen molar-refractivity contribution in [1.82, 2.24) is 9.99 Å². The normalized spacial score (nSPS) is 12.9. The highest BCUT2D eigenvalue weighted by atomic mass is 35.5. The lowest BCUT2D eigenvalue weighted by Crippen LogP contribution is -2.29. The van der Waals surface area contributed by atoms with Crippen LogP contribution in [0.4, 0.5) is 11.4 Å². The third kappa shape index (κ3) is 3.95. The van der Waals surface area contributed by atoms with Crippen LogP contribution in [0.3, 0.4) is 0 Å². The first kappa shape index (κ1) is 21.2. The molecule has 0 radical (unpaired) electrons. The Balaban J connectivity index is 1.63. The van der Waals surface area contributed by atoms with E-state index >= 15 is 0 Å². The molecule has 1 aliphatic heterocycles.